The number of anilines is 2. The second kappa shape index (κ2) is 9.75. The zero-order chi connectivity index (χ0) is 21.6. The Morgan fingerprint density at radius 1 is 1.23 bits per heavy atom. The molecule has 2 aromatic heterocycles. The lowest BCUT2D eigenvalue weighted by Crippen LogP contribution is -2.23. The van der Waals surface area contributed by atoms with Gasteiger partial charge in [-0.15, -0.1) is 5.10 Å². The van der Waals surface area contributed by atoms with Gasteiger partial charge in [-0.05, 0) is 45.1 Å². The molecule has 0 unspecified atom stereocenters. The fourth-order valence-electron chi connectivity index (χ4n) is 4.02. The average molecular weight is 419 g/mol. The number of benzene rings is 1. The molecule has 0 spiro atoms. The standard InChI is InChI=1S/C23H30N8/c1-30(2)10-11-31-16-20(28-29-31)15-25-19-8-9-22-21(12-19)23(17(13-24)14-26-22)27-18-6-4-3-5-7-18/h8-9,12,14,16,18,25H,3-7,10-11,15H2,1-2H3,(H,26,27). The van der Waals surface area contributed by atoms with Gasteiger partial charge in [-0.3, -0.25) is 9.67 Å². The van der Waals surface area contributed by atoms with E-state index >= 15 is 0 Å². The summed E-state index contributed by atoms with van der Waals surface area (Å²) in [7, 11) is 4.09. The van der Waals surface area contributed by atoms with Crippen molar-refractivity contribution in [1.82, 2.24) is 24.9 Å². The summed E-state index contributed by atoms with van der Waals surface area (Å²) < 4.78 is 1.87. The minimum Gasteiger partial charge on any atom is -0.381 e. The van der Waals surface area contributed by atoms with Crippen molar-refractivity contribution in [2.24, 2.45) is 0 Å². The van der Waals surface area contributed by atoms with Gasteiger partial charge in [0.2, 0.25) is 0 Å². The molecule has 0 radical (unpaired) electrons. The van der Waals surface area contributed by atoms with E-state index in [-0.39, 0.29) is 0 Å². The van der Waals surface area contributed by atoms with Gasteiger partial charge in [0.25, 0.3) is 0 Å². The second-order valence-corrected chi connectivity index (χ2v) is 8.50. The molecule has 4 rings (SSSR count). The number of aromatic nitrogens is 4. The van der Waals surface area contributed by atoms with E-state index < -0.39 is 0 Å². The molecule has 0 aliphatic heterocycles. The number of nitrogens with one attached hydrogen (secondary N) is 2. The molecule has 8 heteroatoms. The number of pyridine rings is 1. The van der Waals surface area contributed by atoms with Gasteiger partial charge in [-0.1, -0.05) is 24.5 Å². The predicted octanol–water partition coefficient (Wildman–Crippen LogP) is 3.62. The van der Waals surface area contributed by atoms with Gasteiger partial charge in [0.15, 0.2) is 0 Å². The molecule has 2 heterocycles. The van der Waals surface area contributed by atoms with Gasteiger partial charge in [-0.25, -0.2) is 0 Å². The molecule has 31 heavy (non-hydrogen) atoms. The monoisotopic (exact) mass is 418 g/mol. The quantitative estimate of drug-likeness (QED) is 0.577. The lowest BCUT2D eigenvalue weighted by atomic mass is 9.95. The first-order valence-electron chi connectivity index (χ1n) is 11.0. The van der Waals surface area contributed by atoms with Crippen molar-refractivity contribution >= 4 is 22.3 Å². The minimum absolute atomic E-state index is 0.417. The zero-order valence-electron chi connectivity index (χ0n) is 18.3. The van der Waals surface area contributed by atoms with Crippen LogP contribution in [0.5, 0.6) is 0 Å². The highest BCUT2D eigenvalue weighted by Crippen LogP contribution is 2.31. The number of hydrogen-bond donors (Lipinski definition) is 2. The molecule has 0 amide bonds. The van der Waals surface area contributed by atoms with Gasteiger partial charge in [0.1, 0.15) is 11.8 Å². The van der Waals surface area contributed by atoms with Crippen LogP contribution >= 0.6 is 0 Å². The topological polar surface area (TPSA) is 94.7 Å². The second-order valence-electron chi connectivity index (χ2n) is 8.50. The maximum Gasteiger partial charge on any atom is 0.103 e. The van der Waals surface area contributed by atoms with Gasteiger partial charge >= 0.3 is 0 Å². The molecular weight excluding hydrogens is 388 g/mol. The minimum atomic E-state index is 0.417. The molecule has 2 N–H and O–H groups in total. The van der Waals surface area contributed by atoms with E-state index in [2.05, 4.69) is 43.0 Å². The molecule has 1 aliphatic carbocycles. The largest absolute Gasteiger partial charge is 0.381 e. The van der Waals surface area contributed by atoms with Crippen LogP contribution < -0.4 is 10.6 Å². The summed E-state index contributed by atoms with van der Waals surface area (Å²) in [6, 6.07) is 8.81. The van der Waals surface area contributed by atoms with Crippen molar-refractivity contribution in [3.05, 3.63) is 41.9 Å². The van der Waals surface area contributed by atoms with Gasteiger partial charge in [0, 0.05) is 29.9 Å². The van der Waals surface area contributed by atoms with Gasteiger partial charge in [0.05, 0.1) is 36.1 Å². The van der Waals surface area contributed by atoms with Crippen molar-refractivity contribution in [2.45, 2.75) is 51.2 Å². The molecule has 0 atom stereocenters. The van der Waals surface area contributed by atoms with E-state index in [4.69, 9.17) is 0 Å². The molecule has 1 aromatic carbocycles. The van der Waals surface area contributed by atoms with Crippen LogP contribution in [0.1, 0.15) is 43.4 Å². The Labute approximate surface area is 183 Å². The van der Waals surface area contributed by atoms with E-state index in [1.165, 1.54) is 19.3 Å². The van der Waals surface area contributed by atoms with Crippen LogP contribution in [0.15, 0.2) is 30.6 Å². The van der Waals surface area contributed by atoms with Crippen LogP contribution in [-0.4, -0.2) is 51.6 Å². The van der Waals surface area contributed by atoms with E-state index in [1.54, 1.807) is 6.20 Å². The van der Waals surface area contributed by atoms with Crippen LogP contribution in [0.3, 0.4) is 0 Å². The molecule has 3 aromatic rings. The van der Waals surface area contributed by atoms with Gasteiger partial charge in [-0.2, -0.15) is 5.26 Å². The molecule has 1 saturated carbocycles. The van der Waals surface area contributed by atoms with E-state index in [9.17, 15) is 5.26 Å². The van der Waals surface area contributed by atoms with Crippen LogP contribution in [0.25, 0.3) is 10.9 Å². The number of likely N-dealkylation sites (N-methyl/N-ethyl adjacent to an activating group) is 1. The summed E-state index contributed by atoms with van der Waals surface area (Å²) in [6.07, 6.45) is 9.73. The Balaban J connectivity index is 1.51. The number of nitrogens with zero attached hydrogens (tertiary/aromatic N) is 6. The third kappa shape index (κ3) is 5.30. The Morgan fingerprint density at radius 3 is 2.84 bits per heavy atom. The molecule has 0 bridgehead atoms. The lowest BCUT2D eigenvalue weighted by Gasteiger charge is -2.25. The van der Waals surface area contributed by atoms with Crippen molar-refractivity contribution in [1.29, 1.82) is 5.26 Å². The smallest absolute Gasteiger partial charge is 0.103 e. The normalized spacial score (nSPS) is 14.6. The van der Waals surface area contributed by atoms with E-state index in [0.717, 1.165) is 53.9 Å². The summed E-state index contributed by atoms with van der Waals surface area (Å²) in [5.74, 6) is 0. The SMILES string of the molecule is CN(C)CCn1cc(CNc2ccc3ncc(C#N)c(NC4CCCCC4)c3c2)nn1. The number of hydrogen-bond acceptors (Lipinski definition) is 7. The average Bonchev–Trinajstić information content (AvgIpc) is 3.25. The predicted molar refractivity (Wildman–Crippen MR) is 123 cm³/mol. The Hall–Kier alpha value is -3.18. The van der Waals surface area contributed by atoms with E-state index in [1.807, 2.05) is 37.1 Å². The summed E-state index contributed by atoms with van der Waals surface area (Å²) in [4.78, 5) is 6.61. The first-order valence-corrected chi connectivity index (χ1v) is 11.0. The summed E-state index contributed by atoms with van der Waals surface area (Å²) in [6.45, 7) is 2.32. The zero-order valence-corrected chi connectivity index (χ0v) is 18.3. The Bertz CT molecular complexity index is 1060. The van der Waals surface area contributed by atoms with Crippen LogP contribution in [0, 0.1) is 11.3 Å². The molecule has 162 valence electrons. The maximum atomic E-state index is 9.64. The lowest BCUT2D eigenvalue weighted by molar-refractivity contribution is 0.370. The molecule has 1 aliphatic rings. The Morgan fingerprint density at radius 2 is 2.06 bits per heavy atom. The fraction of sp³-hybridized carbons (Fsp3) is 0.478. The number of fused-ring (bicyclic) bond motifs is 1. The molecule has 1 fully saturated rings. The van der Waals surface area contributed by atoms with Crippen molar-refractivity contribution < 1.29 is 0 Å². The van der Waals surface area contributed by atoms with Crippen molar-refractivity contribution in [3.63, 3.8) is 0 Å². The first kappa shape index (κ1) is 21.1. The maximum absolute atomic E-state index is 9.64. The highest BCUT2D eigenvalue weighted by molar-refractivity contribution is 5.96. The van der Waals surface area contributed by atoms with Crippen LogP contribution in [0.2, 0.25) is 0 Å². The van der Waals surface area contributed by atoms with Crippen LogP contribution in [-0.2, 0) is 13.1 Å². The highest BCUT2D eigenvalue weighted by atomic mass is 15.4. The van der Waals surface area contributed by atoms with Crippen molar-refractivity contribution in [3.8, 4) is 6.07 Å². The highest BCUT2D eigenvalue weighted by Gasteiger charge is 2.17. The summed E-state index contributed by atoms with van der Waals surface area (Å²) in [5.41, 5.74) is 4.25. The summed E-state index contributed by atoms with van der Waals surface area (Å²) in [5, 5.41) is 26.2. The molecular formula is C23H30N8. The molecule has 0 saturated heterocycles. The first-order chi connectivity index (χ1) is 15.1. The Kier molecular flexibility index (Phi) is 6.63. The third-order valence-corrected chi connectivity index (χ3v) is 5.78. The van der Waals surface area contributed by atoms with Crippen molar-refractivity contribution in [2.75, 3.05) is 31.3 Å². The fourth-order valence-corrected chi connectivity index (χ4v) is 4.02. The van der Waals surface area contributed by atoms with E-state index in [0.29, 0.717) is 18.2 Å². The van der Waals surface area contributed by atoms with Crippen LogP contribution in [0.4, 0.5) is 11.4 Å². The molecule has 8 nitrogen and oxygen atoms in total. The van der Waals surface area contributed by atoms with Gasteiger partial charge < -0.3 is 15.5 Å². The third-order valence-electron chi connectivity index (χ3n) is 5.78. The number of rotatable bonds is 8. The summed E-state index contributed by atoms with van der Waals surface area (Å²) >= 11 is 0. The number of nitriles is 1.